The highest BCUT2D eigenvalue weighted by Crippen LogP contribution is 2.39. The van der Waals surface area contributed by atoms with Crippen LogP contribution in [-0.4, -0.2) is 13.3 Å². The minimum atomic E-state index is -4.71. The molecular weight excluding hydrogens is 556 g/mol. The Morgan fingerprint density at radius 2 is 1.27 bits per heavy atom. The summed E-state index contributed by atoms with van der Waals surface area (Å²) in [6.45, 7) is 0.863. The predicted octanol–water partition coefficient (Wildman–Crippen LogP) is 9.54. The first kappa shape index (κ1) is 29.9. The number of halogens is 8. The minimum absolute atomic E-state index is 0.162. The molecule has 2 nitrogen and oxygen atoms in total. The van der Waals surface area contributed by atoms with Crippen LogP contribution in [0.15, 0.2) is 66.7 Å². The lowest BCUT2D eigenvalue weighted by Gasteiger charge is -2.20. The van der Waals surface area contributed by atoms with Crippen molar-refractivity contribution in [1.82, 2.24) is 0 Å². The molecule has 10 heteroatoms. The smallest absolute Gasteiger partial charge is 0.432 e. The second-order valence-corrected chi connectivity index (χ2v) is 9.18. The molecule has 0 aliphatic rings. The number of benzene rings is 4. The molecule has 216 valence electrons. The van der Waals surface area contributed by atoms with E-state index in [9.17, 15) is 35.1 Å². The van der Waals surface area contributed by atoms with E-state index in [0.717, 1.165) is 18.4 Å². The third kappa shape index (κ3) is 6.81. The van der Waals surface area contributed by atoms with Crippen molar-refractivity contribution >= 4 is 0 Å². The maximum atomic E-state index is 15.0. The first-order valence-electron chi connectivity index (χ1n) is 12.7. The Bertz CT molecular complexity index is 1470. The van der Waals surface area contributed by atoms with Gasteiger partial charge in [-0.05, 0) is 46.9 Å². The number of rotatable bonds is 11. The van der Waals surface area contributed by atoms with E-state index < -0.39 is 58.9 Å². The highest BCUT2D eigenvalue weighted by Gasteiger charge is 2.41. The Kier molecular flexibility index (Phi) is 9.20. The highest BCUT2D eigenvalue weighted by atomic mass is 19.3. The van der Waals surface area contributed by atoms with Crippen molar-refractivity contribution in [3.8, 4) is 33.8 Å². The molecule has 0 aliphatic heterocycles. The SMILES string of the molecule is CCCc1ccc(-c2ccc(-c3cc(F)c(C(F)(F)Oc4cc(F)c(OCCCF)c(F)c4)c(F)c3)c(F)c2)cc1. The maximum Gasteiger partial charge on any atom is 0.432 e. The Morgan fingerprint density at radius 3 is 1.83 bits per heavy atom. The number of aryl methyl sites for hydroxylation is 1. The van der Waals surface area contributed by atoms with Crippen molar-refractivity contribution in [2.24, 2.45) is 0 Å². The van der Waals surface area contributed by atoms with E-state index in [1.165, 1.54) is 18.2 Å². The average molecular weight is 581 g/mol. The number of alkyl halides is 3. The van der Waals surface area contributed by atoms with E-state index in [2.05, 4.69) is 4.74 Å². The zero-order chi connectivity index (χ0) is 29.7. The van der Waals surface area contributed by atoms with Crippen LogP contribution in [0.4, 0.5) is 35.1 Å². The molecule has 0 bridgehead atoms. The molecule has 0 atom stereocenters. The summed E-state index contributed by atoms with van der Waals surface area (Å²) < 4.78 is 124. The standard InChI is InChI=1S/C31H24F8O2/c1-2-4-18-5-7-19(8-6-18)20-9-10-23(24(33)13-20)21-14-25(34)29(26(35)15-21)31(38,39)41-22-16-27(36)30(28(37)17-22)40-12-3-11-32/h5-10,13-17H,2-4,11-12H2,1H3. The summed E-state index contributed by atoms with van der Waals surface area (Å²) in [5, 5.41) is 0. The van der Waals surface area contributed by atoms with Gasteiger partial charge in [-0.15, -0.1) is 0 Å². The van der Waals surface area contributed by atoms with Crippen LogP contribution >= 0.6 is 0 Å². The van der Waals surface area contributed by atoms with Gasteiger partial charge in [0.2, 0.25) is 0 Å². The van der Waals surface area contributed by atoms with E-state index in [0.29, 0.717) is 35.4 Å². The lowest BCUT2D eigenvalue weighted by atomic mass is 9.97. The number of ether oxygens (including phenoxy) is 2. The maximum absolute atomic E-state index is 15.0. The molecule has 4 aromatic rings. The van der Waals surface area contributed by atoms with Gasteiger partial charge in [0.1, 0.15) is 28.8 Å². The molecule has 0 spiro atoms. The van der Waals surface area contributed by atoms with Crippen molar-refractivity contribution in [1.29, 1.82) is 0 Å². The van der Waals surface area contributed by atoms with E-state index in [1.54, 1.807) is 0 Å². The number of hydrogen-bond acceptors (Lipinski definition) is 2. The first-order valence-corrected chi connectivity index (χ1v) is 12.7. The second-order valence-electron chi connectivity index (χ2n) is 9.18. The summed E-state index contributed by atoms with van der Waals surface area (Å²) in [6, 6.07) is 13.1. The molecule has 0 aromatic heterocycles. The monoisotopic (exact) mass is 580 g/mol. The van der Waals surface area contributed by atoms with Crippen LogP contribution < -0.4 is 9.47 Å². The average Bonchev–Trinajstić information content (AvgIpc) is 2.90. The molecule has 4 aromatic carbocycles. The summed E-state index contributed by atoms with van der Waals surface area (Å²) in [5.41, 5.74) is -0.0931. The van der Waals surface area contributed by atoms with Gasteiger partial charge in [0.05, 0.1) is 13.3 Å². The Hall–Kier alpha value is -4.08. The fourth-order valence-corrected chi connectivity index (χ4v) is 4.25. The van der Waals surface area contributed by atoms with Crippen LogP contribution in [0.25, 0.3) is 22.3 Å². The highest BCUT2D eigenvalue weighted by molar-refractivity contribution is 5.71. The quantitative estimate of drug-likeness (QED) is 0.130. The number of hydrogen-bond donors (Lipinski definition) is 0. The van der Waals surface area contributed by atoms with Crippen molar-refractivity contribution in [2.45, 2.75) is 32.3 Å². The van der Waals surface area contributed by atoms with Crippen LogP contribution in [0.5, 0.6) is 11.5 Å². The minimum Gasteiger partial charge on any atom is -0.488 e. The molecule has 0 radical (unpaired) electrons. The van der Waals surface area contributed by atoms with E-state index in [4.69, 9.17) is 4.74 Å². The van der Waals surface area contributed by atoms with Crippen LogP contribution in [0.2, 0.25) is 0 Å². The third-order valence-corrected chi connectivity index (χ3v) is 6.18. The summed E-state index contributed by atoms with van der Waals surface area (Å²) in [4.78, 5) is 0. The van der Waals surface area contributed by atoms with Crippen LogP contribution in [0.1, 0.15) is 30.9 Å². The fraction of sp³-hybridized carbons (Fsp3) is 0.226. The van der Waals surface area contributed by atoms with Gasteiger partial charge in [-0.25, -0.2) is 22.0 Å². The zero-order valence-electron chi connectivity index (χ0n) is 21.7. The molecule has 0 unspecified atom stereocenters. The molecule has 0 aliphatic carbocycles. The summed E-state index contributed by atoms with van der Waals surface area (Å²) in [7, 11) is 0. The predicted molar refractivity (Wildman–Crippen MR) is 138 cm³/mol. The van der Waals surface area contributed by atoms with Gasteiger partial charge in [-0.2, -0.15) is 8.78 Å². The molecule has 0 heterocycles. The first-order chi connectivity index (χ1) is 19.5. The van der Waals surface area contributed by atoms with E-state index in [1.807, 2.05) is 31.2 Å². The molecular formula is C31H24F8O2. The largest absolute Gasteiger partial charge is 0.488 e. The van der Waals surface area contributed by atoms with Crippen LogP contribution in [0, 0.1) is 29.1 Å². The normalized spacial score (nSPS) is 11.5. The Balaban J connectivity index is 1.58. The molecule has 0 fully saturated rings. The van der Waals surface area contributed by atoms with E-state index in [-0.39, 0.29) is 24.2 Å². The van der Waals surface area contributed by atoms with E-state index >= 15 is 0 Å². The Morgan fingerprint density at radius 1 is 0.683 bits per heavy atom. The zero-order valence-corrected chi connectivity index (χ0v) is 21.7. The summed E-state index contributed by atoms with van der Waals surface area (Å²) in [6.07, 6.45) is -3.02. The lowest BCUT2D eigenvalue weighted by molar-refractivity contribution is -0.189. The fourth-order valence-electron chi connectivity index (χ4n) is 4.25. The van der Waals surface area contributed by atoms with Crippen molar-refractivity contribution in [3.05, 3.63) is 107 Å². The summed E-state index contributed by atoms with van der Waals surface area (Å²) >= 11 is 0. The summed E-state index contributed by atoms with van der Waals surface area (Å²) in [5.74, 6) is -9.30. The van der Waals surface area contributed by atoms with Crippen LogP contribution in [0.3, 0.4) is 0 Å². The molecule has 4 rings (SSSR count). The van der Waals surface area contributed by atoms with Crippen LogP contribution in [-0.2, 0) is 12.5 Å². The third-order valence-electron chi connectivity index (χ3n) is 6.18. The topological polar surface area (TPSA) is 18.5 Å². The molecule has 41 heavy (non-hydrogen) atoms. The van der Waals surface area contributed by atoms with Gasteiger partial charge in [0.15, 0.2) is 17.4 Å². The van der Waals surface area contributed by atoms with Gasteiger partial charge in [0.25, 0.3) is 0 Å². The van der Waals surface area contributed by atoms with Gasteiger partial charge >= 0.3 is 6.11 Å². The second kappa shape index (κ2) is 12.6. The molecule has 0 saturated heterocycles. The molecule has 0 amide bonds. The van der Waals surface area contributed by atoms with Crippen molar-refractivity contribution in [3.63, 3.8) is 0 Å². The van der Waals surface area contributed by atoms with Crippen molar-refractivity contribution < 1.29 is 44.6 Å². The van der Waals surface area contributed by atoms with Gasteiger partial charge < -0.3 is 9.47 Å². The molecule has 0 N–H and O–H groups in total. The molecule has 0 saturated carbocycles. The Labute approximate surface area is 231 Å². The van der Waals surface area contributed by atoms with Gasteiger partial charge in [-0.3, -0.25) is 4.39 Å². The lowest BCUT2D eigenvalue weighted by Crippen LogP contribution is -2.25. The van der Waals surface area contributed by atoms with Gasteiger partial charge in [-0.1, -0.05) is 49.7 Å². The van der Waals surface area contributed by atoms with Crippen molar-refractivity contribution in [2.75, 3.05) is 13.3 Å². The van der Waals surface area contributed by atoms with Gasteiger partial charge in [0, 0.05) is 24.1 Å².